The van der Waals surface area contributed by atoms with Crippen molar-refractivity contribution in [3.05, 3.63) is 40.0 Å². The zero-order valence-corrected chi connectivity index (χ0v) is 16.4. The predicted molar refractivity (Wildman–Crippen MR) is 107 cm³/mol. The third kappa shape index (κ3) is 5.06. The number of nitrogens with zero attached hydrogens (tertiary/aromatic N) is 3. The summed E-state index contributed by atoms with van der Waals surface area (Å²) >= 11 is 6.38. The predicted octanol–water partition coefficient (Wildman–Crippen LogP) is 3.54. The van der Waals surface area contributed by atoms with Crippen molar-refractivity contribution >= 4 is 29.1 Å². The van der Waals surface area contributed by atoms with E-state index in [1.165, 1.54) is 0 Å². The Morgan fingerprint density at radius 2 is 1.88 bits per heavy atom. The molecule has 0 aliphatic carbocycles. The molecule has 3 rings (SSSR count). The Hall–Kier alpha value is -1.89. The Morgan fingerprint density at radius 1 is 1.12 bits per heavy atom. The SMILES string of the molecule is Cc1cc(C)c(Nc2nc(C)cc(NCCN3CCOCC3)n2)c(Cl)c1. The summed E-state index contributed by atoms with van der Waals surface area (Å²) in [5.41, 5.74) is 3.95. The van der Waals surface area contributed by atoms with Crippen molar-refractivity contribution in [1.82, 2.24) is 14.9 Å². The Balaban J connectivity index is 1.65. The molecule has 1 fully saturated rings. The third-order valence-corrected chi connectivity index (χ3v) is 4.66. The minimum Gasteiger partial charge on any atom is -0.379 e. The van der Waals surface area contributed by atoms with Gasteiger partial charge in [-0.3, -0.25) is 4.90 Å². The molecule has 0 bridgehead atoms. The average molecular weight is 376 g/mol. The zero-order valence-electron chi connectivity index (χ0n) is 15.6. The Kier molecular flexibility index (Phi) is 6.29. The molecule has 0 spiro atoms. The second-order valence-corrected chi connectivity index (χ2v) is 7.07. The molecule has 2 heterocycles. The third-order valence-electron chi connectivity index (χ3n) is 4.36. The number of aromatic nitrogens is 2. The van der Waals surface area contributed by atoms with Crippen molar-refractivity contribution < 1.29 is 4.74 Å². The van der Waals surface area contributed by atoms with Crippen LogP contribution in [0.3, 0.4) is 0 Å². The molecular weight excluding hydrogens is 350 g/mol. The molecule has 26 heavy (non-hydrogen) atoms. The van der Waals surface area contributed by atoms with Crippen LogP contribution >= 0.6 is 11.6 Å². The summed E-state index contributed by atoms with van der Waals surface area (Å²) in [6.07, 6.45) is 0. The Labute approximate surface area is 159 Å². The number of morpholine rings is 1. The average Bonchev–Trinajstić information content (AvgIpc) is 2.59. The van der Waals surface area contributed by atoms with Gasteiger partial charge in [-0.15, -0.1) is 0 Å². The highest BCUT2D eigenvalue weighted by molar-refractivity contribution is 6.33. The molecule has 2 N–H and O–H groups in total. The van der Waals surface area contributed by atoms with Gasteiger partial charge in [0.2, 0.25) is 5.95 Å². The summed E-state index contributed by atoms with van der Waals surface area (Å²) in [4.78, 5) is 11.5. The molecule has 0 amide bonds. The quantitative estimate of drug-likeness (QED) is 0.805. The van der Waals surface area contributed by atoms with Gasteiger partial charge in [-0.25, -0.2) is 4.98 Å². The standard InChI is InChI=1S/C19H26ClN5O/c1-13-10-14(2)18(16(20)11-13)24-19-22-15(3)12-17(23-19)21-4-5-25-6-8-26-9-7-25/h10-12H,4-9H2,1-3H3,(H2,21,22,23,24). The van der Waals surface area contributed by atoms with Gasteiger partial charge < -0.3 is 15.4 Å². The zero-order chi connectivity index (χ0) is 18.5. The number of hydrogen-bond acceptors (Lipinski definition) is 6. The smallest absolute Gasteiger partial charge is 0.229 e. The molecule has 140 valence electrons. The number of benzene rings is 1. The van der Waals surface area contributed by atoms with E-state index in [1.807, 2.05) is 32.9 Å². The summed E-state index contributed by atoms with van der Waals surface area (Å²) in [5, 5.41) is 7.33. The molecule has 7 heteroatoms. The monoisotopic (exact) mass is 375 g/mol. The maximum Gasteiger partial charge on any atom is 0.229 e. The fourth-order valence-electron chi connectivity index (χ4n) is 3.07. The normalized spacial score (nSPS) is 15.1. The summed E-state index contributed by atoms with van der Waals surface area (Å²) in [6, 6.07) is 5.98. The summed E-state index contributed by atoms with van der Waals surface area (Å²) in [5.74, 6) is 1.36. The van der Waals surface area contributed by atoms with Crippen LogP contribution < -0.4 is 10.6 Å². The second kappa shape index (κ2) is 8.66. The highest BCUT2D eigenvalue weighted by Gasteiger charge is 2.11. The summed E-state index contributed by atoms with van der Waals surface area (Å²) in [7, 11) is 0. The second-order valence-electron chi connectivity index (χ2n) is 6.66. The molecular formula is C19H26ClN5O. The lowest BCUT2D eigenvalue weighted by Crippen LogP contribution is -2.39. The molecule has 2 aromatic rings. The fourth-order valence-corrected chi connectivity index (χ4v) is 3.44. The first-order valence-electron chi connectivity index (χ1n) is 8.95. The summed E-state index contributed by atoms with van der Waals surface area (Å²) in [6.45, 7) is 11.4. The number of nitrogens with one attached hydrogen (secondary N) is 2. The molecule has 1 aromatic carbocycles. The molecule has 1 aliphatic heterocycles. The number of aryl methyl sites for hydroxylation is 3. The first kappa shape index (κ1) is 18.9. The number of halogens is 1. The van der Waals surface area contributed by atoms with Crippen molar-refractivity contribution in [2.24, 2.45) is 0 Å². The molecule has 0 atom stereocenters. The molecule has 6 nitrogen and oxygen atoms in total. The van der Waals surface area contributed by atoms with Crippen LogP contribution in [-0.4, -0.2) is 54.3 Å². The van der Waals surface area contributed by atoms with Gasteiger partial charge >= 0.3 is 0 Å². The maximum absolute atomic E-state index is 6.38. The van der Waals surface area contributed by atoms with Crippen LogP contribution in [0, 0.1) is 20.8 Å². The topological polar surface area (TPSA) is 62.3 Å². The first-order chi connectivity index (χ1) is 12.5. The number of ether oxygens (including phenoxy) is 1. The van der Waals surface area contributed by atoms with Gasteiger partial charge in [-0.2, -0.15) is 4.98 Å². The van der Waals surface area contributed by atoms with E-state index in [2.05, 4.69) is 31.6 Å². The van der Waals surface area contributed by atoms with E-state index in [1.54, 1.807) is 0 Å². The van der Waals surface area contributed by atoms with Gasteiger partial charge in [0.05, 0.1) is 23.9 Å². The number of hydrogen-bond donors (Lipinski definition) is 2. The van der Waals surface area contributed by atoms with Crippen LogP contribution in [0.1, 0.15) is 16.8 Å². The van der Waals surface area contributed by atoms with E-state index in [0.717, 1.165) is 67.7 Å². The maximum atomic E-state index is 6.38. The fraction of sp³-hybridized carbons (Fsp3) is 0.474. The summed E-state index contributed by atoms with van der Waals surface area (Å²) < 4.78 is 5.38. The molecule has 0 unspecified atom stereocenters. The van der Waals surface area contributed by atoms with Crippen LogP contribution in [0.15, 0.2) is 18.2 Å². The van der Waals surface area contributed by atoms with Crippen molar-refractivity contribution in [1.29, 1.82) is 0 Å². The van der Waals surface area contributed by atoms with Gasteiger partial charge in [-0.1, -0.05) is 17.7 Å². The van der Waals surface area contributed by atoms with Crippen molar-refractivity contribution in [3.63, 3.8) is 0 Å². The van der Waals surface area contributed by atoms with Crippen molar-refractivity contribution in [3.8, 4) is 0 Å². The first-order valence-corrected chi connectivity index (χ1v) is 9.32. The molecule has 1 aromatic heterocycles. The van der Waals surface area contributed by atoms with E-state index in [0.29, 0.717) is 11.0 Å². The van der Waals surface area contributed by atoms with E-state index in [9.17, 15) is 0 Å². The van der Waals surface area contributed by atoms with Crippen LogP contribution in [0.5, 0.6) is 0 Å². The number of rotatable bonds is 6. The van der Waals surface area contributed by atoms with Crippen LogP contribution in [-0.2, 0) is 4.74 Å². The lowest BCUT2D eigenvalue weighted by Gasteiger charge is -2.26. The highest BCUT2D eigenvalue weighted by atomic mass is 35.5. The minimum atomic E-state index is 0.549. The van der Waals surface area contributed by atoms with Crippen molar-refractivity contribution in [2.75, 3.05) is 50.0 Å². The van der Waals surface area contributed by atoms with Crippen LogP contribution in [0.2, 0.25) is 5.02 Å². The lowest BCUT2D eigenvalue weighted by molar-refractivity contribution is 0.0398. The minimum absolute atomic E-state index is 0.549. The van der Waals surface area contributed by atoms with Gasteiger partial charge in [0.15, 0.2) is 0 Å². The largest absolute Gasteiger partial charge is 0.379 e. The number of anilines is 3. The molecule has 1 saturated heterocycles. The van der Waals surface area contributed by atoms with Gasteiger partial charge in [0.1, 0.15) is 5.82 Å². The Morgan fingerprint density at radius 3 is 2.62 bits per heavy atom. The highest BCUT2D eigenvalue weighted by Crippen LogP contribution is 2.29. The van der Waals surface area contributed by atoms with Crippen molar-refractivity contribution in [2.45, 2.75) is 20.8 Å². The van der Waals surface area contributed by atoms with Gasteiger partial charge in [0, 0.05) is 37.9 Å². The van der Waals surface area contributed by atoms with Gasteiger partial charge in [0.25, 0.3) is 0 Å². The molecule has 1 aliphatic rings. The van der Waals surface area contributed by atoms with E-state index >= 15 is 0 Å². The van der Waals surface area contributed by atoms with E-state index in [4.69, 9.17) is 16.3 Å². The lowest BCUT2D eigenvalue weighted by atomic mass is 10.1. The van der Waals surface area contributed by atoms with E-state index in [-0.39, 0.29) is 0 Å². The molecule has 0 radical (unpaired) electrons. The van der Waals surface area contributed by atoms with Crippen LogP contribution in [0.25, 0.3) is 0 Å². The van der Waals surface area contributed by atoms with E-state index < -0.39 is 0 Å². The van der Waals surface area contributed by atoms with Crippen LogP contribution in [0.4, 0.5) is 17.5 Å². The van der Waals surface area contributed by atoms with Gasteiger partial charge in [-0.05, 0) is 38.0 Å². The molecule has 0 saturated carbocycles. The Bertz CT molecular complexity index is 739.